The van der Waals surface area contributed by atoms with Gasteiger partial charge in [-0.15, -0.1) is 0 Å². The maximum Gasteiger partial charge on any atom is 0.296 e. The van der Waals surface area contributed by atoms with E-state index in [-0.39, 0.29) is 5.91 Å². The lowest BCUT2D eigenvalue weighted by atomic mass is 10.5. The molecule has 0 aromatic rings. The van der Waals surface area contributed by atoms with Gasteiger partial charge in [-0.3, -0.25) is 4.79 Å². The van der Waals surface area contributed by atoms with Crippen LogP contribution in [0.25, 0.3) is 0 Å². The van der Waals surface area contributed by atoms with Gasteiger partial charge in [0.25, 0.3) is 5.91 Å². The molecule has 1 rings (SSSR count). The van der Waals surface area contributed by atoms with Crippen LogP contribution < -0.4 is 11.1 Å². The minimum Gasteiger partial charge on any atom is -0.403 e. The van der Waals surface area contributed by atoms with Gasteiger partial charge in [0.05, 0.1) is 6.34 Å². The van der Waals surface area contributed by atoms with Crippen LogP contribution in [0.3, 0.4) is 0 Å². The number of amides is 1. The lowest BCUT2D eigenvalue weighted by molar-refractivity contribution is -0.114. The van der Waals surface area contributed by atoms with Crippen molar-refractivity contribution in [2.75, 3.05) is 0 Å². The number of nitrogens with zero attached hydrogens (tertiary/aromatic N) is 1. The van der Waals surface area contributed by atoms with Crippen molar-refractivity contribution in [2.24, 2.45) is 10.7 Å². The molecule has 42 valence electrons. The van der Waals surface area contributed by atoms with E-state index in [1.54, 1.807) is 0 Å². The fraction of sp³-hybridized carbons (Fsp3) is 0. The highest BCUT2D eigenvalue weighted by molar-refractivity contribution is 6.04. The Morgan fingerprint density at radius 2 is 2.62 bits per heavy atom. The van der Waals surface area contributed by atoms with Crippen molar-refractivity contribution >= 4 is 12.2 Å². The quantitative estimate of drug-likeness (QED) is 0.392. The lowest BCUT2D eigenvalue weighted by Gasteiger charge is -1.86. The summed E-state index contributed by atoms with van der Waals surface area (Å²) in [6.07, 6.45) is 2.50. The fourth-order valence-electron chi connectivity index (χ4n) is 0.411. The molecule has 0 aromatic heterocycles. The number of hydrogen-bond acceptors (Lipinski definition) is 3. The number of nitrogens with two attached hydrogens (primary N) is 1. The summed E-state index contributed by atoms with van der Waals surface area (Å²) in [6.45, 7) is 0. The van der Waals surface area contributed by atoms with Crippen LogP contribution in [0, 0.1) is 0 Å². The molecule has 1 aliphatic rings. The van der Waals surface area contributed by atoms with Crippen LogP contribution in [0.1, 0.15) is 0 Å². The highest BCUT2D eigenvalue weighted by atomic mass is 16.1. The van der Waals surface area contributed by atoms with E-state index in [4.69, 9.17) is 5.73 Å². The van der Waals surface area contributed by atoms with Crippen LogP contribution in [-0.4, -0.2) is 12.2 Å². The number of rotatable bonds is 0. The molecular weight excluding hydrogens is 106 g/mol. The van der Waals surface area contributed by atoms with E-state index in [0.717, 1.165) is 0 Å². The standard InChI is InChI=1S/C4H5N3O/c5-1-3-4(8)7-2-6-3/h1-2H,5H2,(H,6,7,8)/b3-1-. The molecule has 3 N–H and O–H groups in total. The molecule has 0 unspecified atom stereocenters. The molecule has 1 heterocycles. The van der Waals surface area contributed by atoms with Crippen molar-refractivity contribution in [3.63, 3.8) is 0 Å². The number of aliphatic imine (C=N–C) groups is 1. The van der Waals surface area contributed by atoms with E-state index in [9.17, 15) is 4.79 Å². The zero-order valence-corrected chi connectivity index (χ0v) is 4.09. The molecule has 0 spiro atoms. The Labute approximate surface area is 46.1 Å². The zero-order chi connectivity index (χ0) is 5.98. The van der Waals surface area contributed by atoms with Gasteiger partial charge in [0.1, 0.15) is 5.70 Å². The predicted molar refractivity (Wildman–Crippen MR) is 28.9 cm³/mol. The Bertz CT molecular complexity index is 170. The molecule has 0 aliphatic carbocycles. The smallest absolute Gasteiger partial charge is 0.296 e. The Balaban J connectivity index is 2.79. The van der Waals surface area contributed by atoms with E-state index in [1.807, 2.05) is 0 Å². The summed E-state index contributed by atoms with van der Waals surface area (Å²) < 4.78 is 0. The molecule has 4 heteroatoms. The molecule has 0 saturated heterocycles. The number of carbonyl (C=O) groups is 1. The molecule has 1 aliphatic heterocycles. The predicted octanol–water partition coefficient (Wildman–Crippen LogP) is -1.06. The van der Waals surface area contributed by atoms with Crippen molar-refractivity contribution in [3.05, 3.63) is 11.9 Å². The molecule has 0 atom stereocenters. The van der Waals surface area contributed by atoms with Crippen molar-refractivity contribution in [1.29, 1.82) is 0 Å². The highest BCUT2D eigenvalue weighted by Crippen LogP contribution is 1.93. The van der Waals surface area contributed by atoms with Crippen LogP contribution in [0.15, 0.2) is 16.9 Å². The number of hydrogen-bond donors (Lipinski definition) is 2. The Morgan fingerprint density at radius 1 is 1.88 bits per heavy atom. The van der Waals surface area contributed by atoms with E-state index in [1.165, 1.54) is 12.5 Å². The third-order valence-electron chi connectivity index (χ3n) is 0.799. The molecular formula is C4H5N3O. The highest BCUT2D eigenvalue weighted by Gasteiger charge is 2.09. The van der Waals surface area contributed by atoms with E-state index in [0.29, 0.717) is 5.70 Å². The second kappa shape index (κ2) is 1.65. The van der Waals surface area contributed by atoms with Gasteiger partial charge in [-0.2, -0.15) is 4.99 Å². The summed E-state index contributed by atoms with van der Waals surface area (Å²) in [7, 11) is 0. The van der Waals surface area contributed by atoms with E-state index < -0.39 is 0 Å². The summed E-state index contributed by atoms with van der Waals surface area (Å²) in [5, 5.41) is 2.55. The van der Waals surface area contributed by atoms with Gasteiger partial charge in [-0.25, -0.2) is 0 Å². The molecule has 1 amide bonds. The molecule has 0 bridgehead atoms. The topological polar surface area (TPSA) is 67.5 Å². The monoisotopic (exact) mass is 111 g/mol. The van der Waals surface area contributed by atoms with Crippen LogP contribution in [-0.2, 0) is 4.79 Å². The minimum absolute atomic E-state index is 0.312. The average Bonchev–Trinajstić information content (AvgIpc) is 2.14. The van der Waals surface area contributed by atoms with Crippen molar-refractivity contribution < 1.29 is 4.79 Å². The Hall–Kier alpha value is -1.32. The van der Waals surface area contributed by atoms with E-state index in [2.05, 4.69) is 10.3 Å². The van der Waals surface area contributed by atoms with Crippen molar-refractivity contribution in [2.45, 2.75) is 0 Å². The van der Waals surface area contributed by atoms with Crippen molar-refractivity contribution in [1.82, 2.24) is 5.32 Å². The number of carbonyl (C=O) groups excluding carboxylic acids is 1. The van der Waals surface area contributed by atoms with E-state index >= 15 is 0 Å². The third kappa shape index (κ3) is 0.556. The summed E-state index contributed by atoms with van der Waals surface area (Å²) in [5.74, 6) is -0.312. The van der Waals surface area contributed by atoms with Crippen LogP contribution in [0.4, 0.5) is 0 Å². The Kier molecular flexibility index (Phi) is 0.997. The first-order chi connectivity index (χ1) is 3.84. The molecule has 0 saturated carbocycles. The van der Waals surface area contributed by atoms with Gasteiger partial charge in [-0.05, 0) is 0 Å². The fourth-order valence-corrected chi connectivity index (χ4v) is 0.411. The molecule has 4 nitrogen and oxygen atoms in total. The molecule has 8 heavy (non-hydrogen) atoms. The van der Waals surface area contributed by atoms with Gasteiger partial charge in [0, 0.05) is 6.20 Å². The zero-order valence-electron chi connectivity index (χ0n) is 4.09. The van der Waals surface area contributed by atoms with Gasteiger partial charge in [0.15, 0.2) is 0 Å². The maximum atomic E-state index is 10.4. The molecule has 0 fully saturated rings. The van der Waals surface area contributed by atoms with Crippen LogP contribution >= 0.6 is 0 Å². The van der Waals surface area contributed by atoms with Crippen molar-refractivity contribution in [3.8, 4) is 0 Å². The second-order valence-electron chi connectivity index (χ2n) is 1.29. The summed E-state index contributed by atoms with van der Waals surface area (Å²) in [4.78, 5) is 13.8. The minimum atomic E-state index is -0.312. The lowest BCUT2D eigenvalue weighted by Crippen LogP contribution is -2.09. The molecule has 0 radical (unpaired) electrons. The Morgan fingerprint density at radius 3 is 2.88 bits per heavy atom. The first-order valence-electron chi connectivity index (χ1n) is 2.10. The largest absolute Gasteiger partial charge is 0.403 e. The summed E-state index contributed by atoms with van der Waals surface area (Å²) >= 11 is 0. The first kappa shape index (κ1) is 4.83. The second-order valence-corrected chi connectivity index (χ2v) is 1.29. The SMILES string of the molecule is N/C=C1\NC=NC1=O. The van der Waals surface area contributed by atoms with Crippen LogP contribution in [0.5, 0.6) is 0 Å². The van der Waals surface area contributed by atoms with Gasteiger partial charge in [0.2, 0.25) is 0 Å². The summed E-state index contributed by atoms with van der Waals surface area (Å²) in [6, 6.07) is 0. The van der Waals surface area contributed by atoms with Gasteiger partial charge >= 0.3 is 0 Å². The number of nitrogens with one attached hydrogen (secondary N) is 1. The first-order valence-corrected chi connectivity index (χ1v) is 2.10. The third-order valence-corrected chi connectivity index (χ3v) is 0.799. The van der Waals surface area contributed by atoms with Gasteiger partial charge < -0.3 is 11.1 Å². The normalized spacial score (nSPS) is 22.0. The van der Waals surface area contributed by atoms with Crippen LogP contribution in [0.2, 0.25) is 0 Å². The van der Waals surface area contributed by atoms with Gasteiger partial charge in [-0.1, -0.05) is 0 Å². The molecule has 0 aromatic carbocycles. The summed E-state index contributed by atoms with van der Waals surface area (Å²) in [5.41, 5.74) is 5.34. The average molecular weight is 111 g/mol. The maximum absolute atomic E-state index is 10.4.